The Morgan fingerprint density at radius 3 is 2.20 bits per heavy atom. The minimum absolute atomic E-state index is 0.265. The van der Waals surface area contributed by atoms with Gasteiger partial charge in [0.1, 0.15) is 0 Å². The predicted octanol–water partition coefficient (Wildman–Crippen LogP) is 1.30. The van der Waals surface area contributed by atoms with Gasteiger partial charge < -0.3 is 15.4 Å². The second-order valence-corrected chi connectivity index (χ2v) is 7.09. The molecule has 3 rings (SSSR count). The van der Waals surface area contributed by atoms with Crippen LogP contribution < -0.4 is 5.73 Å². The van der Waals surface area contributed by atoms with Gasteiger partial charge in [-0.3, -0.25) is 4.90 Å². The van der Waals surface area contributed by atoms with Crippen LogP contribution in [0, 0.1) is 5.92 Å². The van der Waals surface area contributed by atoms with Crippen molar-refractivity contribution in [3.05, 3.63) is 0 Å². The van der Waals surface area contributed by atoms with Gasteiger partial charge in [0.25, 0.3) is 0 Å². The molecule has 0 bridgehead atoms. The molecule has 2 N–H and O–H groups in total. The first-order valence-corrected chi connectivity index (χ1v) is 8.46. The Bertz CT molecular complexity index is 303. The van der Waals surface area contributed by atoms with Crippen molar-refractivity contribution in [3.63, 3.8) is 0 Å². The highest BCUT2D eigenvalue weighted by Crippen LogP contribution is 2.35. The summed E-state index contributed by atoms with van der Waals surface area (Å²) in [5.41, 5.74) is 6.45. The molecule has 116 valence electrons. The van der Waals surface area contributed by atoms with Crippen molar-refractivity contribution in [2.45, 2.75) is 50.2 Å². The van der Waals surface area contributed by atoms with Crippen LogP contribution in [0.4, 0.5) is 0 Å². The van der Waals surface area contributed by atoms with E-state index in [0.717, 1.165) is 12.5 Å². The van der Waals surface area contributed by atoms with Gasteiger partial charge in [0.05, 0.1) is 6.10 Å². The third-order valence-electron chi connectivity index (χ3n) is 5.83. The molecule has 0 amide bonds. The highest BCUT2D eigenvalue weighted by atomic mass is 16.5. The number of nitrogens with two attached hydrogens (primary N) is 1. The Morgan fingerprint density at radius 2 is 1.70 bits per heavy atom. The lowest BCUT2D eigenvalue weighted by Crippen LogP contribution is -2.61. The fraction of sp³-hybridized carbons (Fsp3) is 1.00. The maximum atomic E-state index is 6.19. The van der Waals surface area contributed by atoms with E-state index in [0.29, 0.717) is 6.10 Å². The number of methoxy groups -OCH3 is 1. The van der Waals surface area contributed by atoms with Crippen LogP contribution in [0.5, 0.6) is 0 Å². The van der Waals surface area contributed by atoms with Gasteiger partial charge in [-0.2, -0.15) is 0 Å². The number of hydrogen-bond donors (Lipinski definition) is 1. The first-order valence-electron chi connectivity index (χ1n) is 8.46. The Balaban J connectivity index is 1.52. The molecule has 0 aromatic carbocycles. The number of hydrogen-bond acceptors (Lipinski definition) is 4. The van der Waals surface area contributed by atoms with Crippen LogP contribution in [0.2, 0.25) is 0 Å². The lowest BCUT2D eigenvalue weighted by molar-refractivity contribution is -0.0267. The normalized spacial score (nSPS) is 37.2. The van der Waals surface area contributed by atoms with Gasteiger partial charge in [-0.15, -0.1) is 0 Å². The lowest BCUT2D eigenvalue weighted by Gasteiger charge is -2.50. The molecule has 4 nitrogen and oxygen atoms in total. The highest BCUT2D eigenvalue weighted by Gasteiger charge is 2.40. The summed E-state index contributed by atoms with van der Waals surface area (Å²) in [6, 6.07) is 0. The topological polar surface area (TPSA) is 41.7 Å². The third-order valence-corrected chi connectivity index (χ3v) is 5.83. The van der Waals surface area contributed by atoms with Crippen LogP contribution in [-0.4, -0.2) is 67.8 Å². The molecule has 2 saturated carbocycles. The van der Waals surface area contributed by atoms with Gasteiger partial charge in [-0.1, -0.05) is 0 Å². The molecular formula is C16H31N3O. The molecule has 1 heterocycles. The summed E-state index contributed by atoms with van der Waals surface area (Å²) >= 11 is 0. The minimum Gasteiger partial charge on any atom is -0.381 e. The molecule has 0 aromatic heterocycles. The van der Waals surface area contributed by atoms with E-state index >= 15 is 0 Å². The maximum Gasteiger partial charge on any atom is 0.0572 e. The number of piperazine rings is 1. The Kier molecular flexibility index (Phi) is 4.65. The highest BCUT2D eigenvalue weighted by molar-refractivity contribution is 4.98. The van der Waals surface area contributed by atoms with Crippen LogP contribution in [-0.2, 0) is 4.74 Å². The Labute approximate surface area is 123 Å². The predicted molar refractivity (Wildman–Crippen MR) is 81.8 cm³/mol. The van der Waals surface area contributed by atoms with Crippen LogP contribution >= 0.6 is 0 Å². The number of nitrogens with zero attached hydrogens (tertiary/aromatic N) is 2. The van der Waals surface area contributed by atoms with Crippen molar-refractivity contribution in [1.29, 1.82) is 0 Å². The standard InChI is InChI=1S/C16H31N3O/c1-20-15-4-6-16(13-17,7-5-15)19-10-8-18(9-11-19)12-14-2-3-14/h14-15H,2-13,17H2,1H3. The third kappa shape index (κ3) is 3.19. The summed E-state index contributed by atoms with van der Waals surface area (Å²) in [6.07, 6.45) is 8.17. The average Bonchev–Trinajstić information content (AvgIpc) is 3.32. The summed E-state index contributed by atoms with van der Waals surface area (Å²) in [6.45, 7) is 7.06. The second-order valence-electron chi connectivity index (χ2n) is 7.09. The maximum absolute atomic E-state index is 6.19. The summed E-state index contributed by atoms with van der Waals surface area (Å²) in [5.74, 6) is 1.02. The fourth-order valence-corrected chi connectivity index (χ4v) is 4.08. The molecule has 0 radical (unpaired) electrons. The molecule has 0 aromatic rings. The van der Waals surface area contributed by atoms with E-state index in [1.165, 1.54) is 71.2 Å². The van der Waals surface area contributed by atoms with Gasteiger partial charge in [0.2, 0.25) is 0 Å². The zero-order valence-corrected chi connectivity index (χ0v) is 13.0. The summed E-state index contributed by atoms with van der Waals surface area (Å²) in [4.78, 5) is 5.36. The van der Waals surface area contributed by atoms with E-state index in [-0.39, 0.29) is 5.54 Å². The van der Waals surface area contributed by atoms with Crippen LogP contribution in [0.15, 0.2) is 0 Å². The zero-order valence-electron chi connectivity index (χ0n) is 13.0. The monoisotopic (exact) mass is 281 g/mol. The number of ether oxygens (including phenoxy) is 1. The molecule has 1 saturated heterocycles. The summed E-state index contributed by atoms with van der Waals surface area (Å²) in [7, 11) is 1.84. The van der Waals surface area contributed by atoms with Gasteiger partial charge in [-0.05, 0) is 44.4 Å². The largest absolute Gasteiger partial charge is 0.381 e. The molecule has 3 aliphatic rings. The quantitative estimate of drug-likeness (QED) is 0.825. The van der Waals surface area contributed by atoms with E-state index < -0.39 is 0 Å². The molecule has 0 unspecified atom stereocenters. The zero-order chi connectivity index (χ0) is 14.0. The van der Waals surface area contributed by atoms with Crippen LogP contribution in [0.1, 0.15) is 38.5 Å². The van der Waals surface area contributed by atoms with Gasteiger partial charge in [0.15, 0.2) is 0 Å². The molecule has 0 spiro atoms. The van der Waals surface area contributed by atoms with Crippen molar-refractivity contribution in [2.75, 3.05) is 46.4 Å². The molecule has 2 aliphatic carbocycles. The van der Waals surface area contributed by atoms with Crippen molar-refractivity contribution in [1.82, 2.24) is 9.80 Å². The van der Waals surface area contributed by atoms with E-state index in [1.807, 2.05) is 7.11 Å². The van der Waals surface area contributed by atoms with E-state index in [1.54, 1.807) is 0 Å². The van der Waals surface area contributed by atoms with E-state index in [2.05, 4.69) is 9.80 Å². The molecular weight excluding hydrogens is 250 g/mol. The van der Waals surface area contributed by atoms with Crippen molar-refractivity contribution < 1.29 is 4.74 Å². The molecule has 20 heavy (non-hydrogen) atoms. The van der Waals surface area contributed by atoms with E-state index in [9.17, 15) is 0 Å². The summed E-state index contributed by atoms with van der Waals surface area (Å²) < 4.78 is 5.52. The van der Waals surface area contributed by atoms with Gasteiger partial charge >= 0.3 is 0 Å². The molecule has 3 fully saturated rings. The Hall–Kier alpha value is -0.160. The number of rotatable bonds is 5. The average molecular weight is 281 g/mol. The first kappa shape index (κ1) is 14.8. The van der Waals surface area contributed by atoms with Crippen molar-refractivity contribution >= 4 is 0 Å². The van der Waals surface area contributed by atoms with Crippen molar-refractivity contribution in [2.24, 2.45) is 11.7 Å². The first-order chi connectivity index (χ1) is 9.75. The Morgan fingerprint density at radius 1 is 1.05 bits per heavy atom. The smallest absolute Gasteiger partial charge is 0.0572 e. The van der Waals surface area contributed by atoms with Gasteiger partial charge in [-0.25, -0.2) is 0 Å². The molecule has 4 heteroatoms. The van der Waals surface area contributed by atoms with Crippen LogP contribution in [0.25, 0.3) is 0 Å². The van der Waals surface area contributed by atoms with E-state index in [4.69, 9.17) is 10.5 Å². The van der Waals surface area contributed by atoms with Crippen LogP contribution in [0.3, 0.4) is 0 Å². The lowest BCUT2D eigenvalue weighted by atomic mass is 9.78. The van der Waals surface area contributed by atoms with Gasteiger partial charge in [0, 0.05) is 51.9 Å². The molecule has 0 atom stereocenters. The fourth-order valence-electron chi connectivity index (χ4n) is 4.08. The molecule has 1 aliphatic heterocycles. The summed E-state index contributed by atoms with van der Waals surface area (Å²) in [5, 5.41) is 0. The van der Waals surface area contributed by atoms with Crippen molar-refractivity contribution in [3.8, 4) is 0 Å². The SMILES string of the molecule is COC1CCC(CN)(N2CCN(CC3CC3)CC2)CC1. The second kappa shape index (κ2) is 6.30. The minimum atomic E-state index is 0.265.